The maximum absolute atomic E-state index is 13.0. The molecule has 0 aromatic heterocycles. The summed E-state index contributed by atoms with van der Waals surface area (Å²) in [6.07, 6.45) is 16.1. The van der Waals surface area contributed by atoms with E-state index in [4.69, 9.17) is 9.47 Å². The molecule has 0 aromatic carbocycles. The van der Waals surface area contributed by atoms with Crippen molar-refractivity contribution in [2.24, 2.45) is 0 Å². The molecule has 0 aliphatic carbocycles. The van der Waals surface area contributed by atoms with Gasteiger partial charge in [-0.3, -0.25) is 9.59 Å². The molecule has 0 saturated heterocycles. The van der Waals surface area contributed by atoms with Crippen LogP contribution < -0.4 is 16.0 Å². The Labute approximate surface area is 271 Å². The molecule has 10 nitrogen and oxygen atoms in total. The maximum atomic E-state index is 13.0. The fourth-order valence-corrected chi connectivity index (χ4v) is 5.15. The quantitative estimate of drug-likeness (QED) is 0.0814. The summed E-state index contributed by atoms with van der Waals surface area (Å²) in [6, 6.07) is -2.31. The second-order valence-electron chi connectivity index (χ2n) is 13.4. The SMILES string of the molecule is CCCCCCCCCCCCCCCC(=O)NCCSC[C@H](NC(=O)OC(C)(C)C)C(=O)NC(COC(C)(C)C)C(=O)O. The number of hydrogen-bond acceptors (Lipinski definition) is 7. The topological polar surface area (TPSA) is 143 Å². The molecule has 258 valence electrons. The van der Waals surface area contributed by atoms with Gasteiger partial charge in [0.25, 0.3) is 0 Å². The fourth-order valence-electron chi connectivity index (χ4n) is 4.27. The van der Waals surface area contributed by atoms with E-state index >= 15 is 0 Å². The number of aliphatic carboxylic acids is 1. The molecule has 0 saturated carbocycles. The molecule has 0 aliphatic heterocycles. The van der Waals surface area contributed by atoms with Gasteiger partial charge in [-0.15, -0.1) is 0 Å². The third kappa shape index (κ3) is 26.4. The minimum Gasteiger partial charge on any atom is -0.480 e. The molecule has 2 atom stereocenters. The van der Waals surface area contributed by atoms with E-state index in [9.17, 15) is 24.3 Å². The Morgan fingerprint density at radius 2 is 1.25 bits per heavy atom. The van der Waals surface area contributed by atoms with E-state index in [1.165, 1.54) is 82.4 Å². The molecular formula is C33H63N3O7S. The van der Waals surface area contributed by atoms with Crippen LogP contribution in [-0.4, -0.2) is 76.9 Å². The van der Waals surface area contributed by atoms with Crippen molar-refractivity contribution in [2.75, 3.05) is 24.7 Å². The van der Waals surface area contributed by atoms with Crippen molar-refractivity contribution in [3.63, 3.8) is 0 Å². The highest BCUT2D eigenvalue weighted by molar-refractivity contribution is 7.99. The lowest BCUT2D eigenvalue weighted by atomic mass is 10.0. The summed E-state index contributed by atoms with van der Waals surface area (Å²) >= 11 is 1.37. The van der Waals surface area contributed by atoms with E-state index < -0.39 is 41.3 Å². The highest BCUT2D eigenvalue weighted by Gasteiger charge is 2.29. The number of carbonyl (C=O) groups is 4. The van der Waals surface area contributed by atoms with Crippen LogP contribution in [0.3, 0.4) is 0 Å². The van der Waals surface area contributed by atoms with Crippen molar-refractivity contribution >= 4 is 35.6 Å². The van der Waals surface area contributed by atoms with Crippen molar-refractivity contribution in [3.8, 4) is 0 Å². The predicted molar refractivity (Wildman–Crippen MR) is 179 cm³/mol. The van der Waals surface area contributed by atoms with Gasteiger partial charge >= 0.3 is 12.1 Å². The van der Waals surface area contributed by atoms with Crippen molar-refractivity contribution in [3.05, 3.63) is 0 Å². The van der Waals surface area contributed by atoms with Crippen LogP contribution in [0.25, 0.3) is 0 Å². The van der Waals surface area contributed by atoms with Crippen molar-refractivity contribution < 1.29 is 33.8 Å². The van der Waals surface area contributed by atoms with E-state index in [1.54, 1.807) is 41.5 Å². The number of unbranched alkanes of at least 4 members (excludes halogenated alkanes) is 12. The molecule has 0 fully saturated rings. The molecule has 1 unspecified atom stereocenters. The highest BCUT2D eigenvalue weighted by atomic mass is 32.2. The van der Waals surface area contributed by atoms with Crippen molar-refractivity contribution in [1.29, 1.82) is 0 Å². The first-order valence-corrected chi connectivity index (χ1v) is 17.8. The van der Waals surface area contributed by atoms with Crippen LogP contribution in [0.1, 0.15) is 138 Å². The van der Waals surface area contributed by atoms with Gasteiger partial charge in [-0.05, 0) is 48.0 Å². The molecule has 0 radical (unpaired) electrons. The molecule has 0 heterocycles. The number of ether oxygens (including phenoxy) is 2. The van der Waals surface area contributed by atoms with Crippen LogP contribution in [0, 0.1) is 0 Å². The Kier molecular flexibility index (Phi) is 23.1. The molecule has 0 aliphatic rings. The normalized spacial score (nSPS) is 13.2. The summed E-state index contributed by atoms with van der Waals surface area (Å²) in [5.41, 5.74) is -1.35. The zero-order chi connectivity index (χ0) is 33.4. The highest BCUT2D eigenvalue weighted by Crippen LogP contribution is 2.13. The number of nitrogens with one attached hydrogen (secondary N) is 3. The second kappa shape index (κ2) is 24.3. The molecule has 0 rings (SSSR count). The van der Waals surface area contributed by atoms with E-state index in [0.29, 0.717) is 18.7 Å². The summed E-state index contributed by atoms with van der Waals surface area (Å²) in [4.78, 5) is 49.3. The van der Waals surface area contributed by atoms with Gasteiger partial charge in [0.2, 0.25) is 11.8 Å². The van der Waals surface area contributed by atoms with E-state index in [0.717, 1.165) is 12.8 Å². The lowest BCUT2D eigenvalue weighted by molar-refractivity contribution is -0.145. The molecule has 3 amide bonds. The molecule has 11 heteroatoms. The third-order valence-corrected chi connectivity index (χ3v) is 7.73. The number of carbonyl (C=O) groups excluding carboxylic acids is 3. The van der Waals surface area contributed by atoms with Crippen molar-refractivity contribution in [1.82, 2.24) is 16.0 Å². The minimum atomic E-state index is -1.28. The number of hydrogen-bond donors (Lipinski definition) is 4. The summed E-state index contributed by atoms with van der Waals surface area (Å²) < 4.78 is 10.8. The Hall–Kier alpha value is -2.01. The predicted octanol–water partition coefficient (Wildman–Crippen LogP) is 6.59. The van der Waals surface area contributed by atoms with Crippen LogP contribution in [0.2, 0.25) is 0 Å². The second-order valence-corrected chi connectivity index (χ2v) is 14.6. The van der Waals surface area contributed by atoms with Gasteiger partial charge in [0.1, 0.15) is 11.6 Å². The van der Waals surface area contributed by atoms with Gasteiger partial charge in [0, 0.05) is 24.5 Å². The van der Waals surface area contributed by atoms with Gasteiger partial charge in [-0.2, -0.15) is 11.8 Å². The summed E-state index contributed by atoms with van der Waals surface area (Å²) in [6.45, 7) is 12.9. The Morgan fingerprint density at radius 1 is 0.727 bits per heavy atom. The molecule has 0 bridgehead atoms. The standard InChI is InChI=1S/C33H63N3O7S/c1-8-9-10-11-12-13-14-15-16-17-18-19-20-21-28(37)34-22-23-44-25-27(36-31(41)43-33(5,6)7)29(38)35-26(30(39)40)24-42-32(2,3)4/h26-27H,8-25H2,1-7H3,(H,34,37)(H,35,38)(H,36,41)(H,39,40)/t26?,27-/m0/s1. The van der Waals surface area contributed by atoms with Crippen LogP contribution in [0.15, 0.2) is 0 Å². The number of carboxylic acid groups (broad SMARTS) is 1. The Morgan fingerprint density at radius 3 is 1.73 bits per heavy atom. The summed E-state index contributed by atoms with van der Waals surface area (Å²) in [5.74, 6) is -1.18. The number of thioether (sulfide) groups is 1. The van der Waals surface area contributed by atoms with Gasteiger partial charge in [-0.25, -0.2) is 9.59 Å². The van der Waals surface area contributed by atoms with Gasteiger partial charge in [0.05, 0.1) is 12.2 Å². The summed E-state index contributed by atoms with van der Waals surface area (Å²) in [7, 11) is 0. The largest absolute Gasteiger partial charge is 0.480 e. The first-order chi connectivity index (χ1) is 20.6. The lowest BCUT2D eigenvalue weighted by Gasteiger charge is -2.26. The maximum Gasteiger partial charge on any atom is 0.408 e. The van der Waals surface area contributed by atoms with Crippen LogP contribution in [0.4, 0.5) is 4.79 Å². The average Bonchev–Trinajstić information content (AvgIpc) is 2.90. The van der Waals surface area contributed by atoms with Crippen LogP contribution in [-0.2, 0) is 23.9 Å². The Bertz CT molecular complexity index is 812. The number of alkyl carbamates (subject to hydrolysis) is 1. The van der Waals surface area contributed by atoms with E-state index in [2.05, 4.69) is 22.9 Å². The first kappa shape index (κ1) is 42.0. The summed E-state index contributed by atoms with van der Waals surface area (Å²) in [5, 5.41) is 17.5. The number of carboxylic acids is 1. The molecular weight excluding hydrogens is 582 g/mol. The smallest absolute Gasteiger partial charge is 0.408 e. The van der Waals surface area contributed by atoms with E-state index in [-0.39, 0.29) is 18.3 Å². The number of rotatable bonds is 25. The van der Waals surface area contributed by atoms with E-state index in [1.807, 2.05) is 0 Å². The zero-order valence-corrected chi connectivity index (χ0v) is 29.5. The molecule has 0 spiro atoms. The van der Waals surface area contributed by atoms with Crippen LogP contribution >= 0.6 is 11.8 Å². The van der Waals surface area contributed by atoms with Gasteiger partial charge in [0.15, 0.2) is 6.04 Å². The minimum absolute atomic E-state index is 0.0120. The average molecular weight is 646 g/mol. The molecule has 44 heavy (non-hydrogen) atoms. The van der Waals surface area contributed by atoms with Crippen molar-refractivity contribution in [2.45, 2.75) is 162 Å². The fraction of sp³-hybridized carbons (Fsp3) is 0.879. The third-order valence-electron chi connectivity index (χ3n) is 6.67. The number of amides is 3. The Balaban J connectivity index is 4.38. The molecule has 4 N–H and O–H groups in total. The zero-order valence-electron chi connectivity index (χ0n) is 28.7. The first-order valence-electron chi connectivity index (χ1n) is 16.7. The van der Waals surface area contributed by atoms with Gasteiger partial charge < -0.3 is 30.5 Å². The van der Waals surface area contributed by atoms with Crippen LogP contribution in [0.5, 0.6) is 0 Å². The monoisotopic (exact) mass is 645 g/mol. The lowest BCUT2D eigenvalue weighted by Crippen LogP contribution is -2.55. The van der Waals surface area contributed by atoms with Gasteiger partial charge in [-0.1, -0.05) is 84.0 Å². The molecule has 0 aromatic rings.